The van der Waals surface area contributed by atoms with Crippen LogP contribution in [0.3, 0.4) is 0 Å². The second kappa shape index (κ2) is 7.96. The Bertz CT molecular complexity index is 734. The predicted molar refractivity (Wildman–Crippen MR) is 104 cm³/mol. The number of hydrogen-bond donors (Lipinski definition) is 0. The molecule has 0 saturated carbocycles. The minimum absolute atomic E-state index is 0.0381. The Labute approximate surface area is 156 Å². The summed E-state index contributed by atoms with van der Waals surface area (Å²) in [5, 5.41) is 0. The van der Waals surface area contributed by atoms with Crippen molar-refractivity contribution in [1.29, 1.82) is 0 Å². The Morgan fingerprint density at radius 1 is 1.08 bits per heavy atom. The van der Waals surface area contributed by atoms with Crippen LogP contribution in [-0.4, -0.2) is 68.6 Å². The molecule has 0 spiro atoms. The van der Waals surface area contributed by atoms with Crippen molar-refractivity contribution in [2.45, 2.75) is 26.7 Å². The standard InChI is InChI=1S/C19H29N3O3S/c1-3-26(24,25)22-9-7-17(8-10-22)19(23)21-13-11-20(12-14-21)18-6-4-5-16(2)15-18/h4-6,15,17H,3,7-14H2,1-2H3. The van der Waals surface area contributed by atoms with E-state index in [9.17, 15) is 13.2 Å². The summed E-state index contributed by atoms with van der Waals surface area (Å²) < 4.78 is 25.4. The summed E-state index contributed by atoms with van der Waals surface area (Å²) in [6.07, 6.45) is 1.27. The van der Waals surface area contributed by atoms with Crippen molar-refractivity contribution >= 4 is 21.6 Å². The maximum atomic E-state index is 12.8. The van der Waals surface area contributed by atoms with Crippen LogP contribution in [0.4, 0.5) is 5.69 Å². The fourth-order valence-corrected chi connectivity index (χ4v) is 4.96. The summed E-state index contributed by atoms with van der Waals surface area (Å²) in [6.45, 7) is 7.86. The second-order valence-corrected chi connectivity index (χ2v) is 9.48. The van der Waals surface area contributed by atoms with Crippen molar-refractivity contribution in [2.75, 3.05) is 49.9 Å². The molecule has 1 aromatic carbocycles. The molecule has 0 unspecified atom stereocenters. The average Bonchev–Trinajstić information content (AvgIpc) is 2.67. The summed E-state index contributed by atoms with van der Waals surface area (Å²) in [5.74, 6) is 0.290. The second-order valence-electron chi connectivity index (χ2n) is 7.23. The minimum Gasteiger partial charge on any atom is -0.368 e. The molecule has 0 bridgehead atoms. The molecule has 0 aromatic heterocycles. The van der Waals surface area contributed by atoms with Crippen LogP contribution in [0.25, 0.3) is 0 Å². The fraction of sp³-hybridized carbons (Fsp3) is 0.632. The Kier molecular flexibility index (Phi) is 5.87. The van der Waals surface area contributed by atoms with Gasteiger partial charge in [-0.05, 0) is 44.4 Å². The minimum atomic E-state index is -3.13. The maximum Gasteiger partial charge on any atom is 0.225 e. The van der Waals surface area contributed by atoms with Crippen LogP contribution in [0.5, 0.6) is 0 Å². The fourth-order valence-electron chi connectivity index (χ4n) is 3.83. The van der Waals surface area contributed by atoms with E-state index in [1.54, 1.807) is 6.92 Å². The summed E-state index contributed by atoms with van der Waals surface area (Å²) in [6, 6.07) is 8.46. The molecule has 0 atom stereocenters. The van der Waals surface area contributed by atoms with Crippen molar-refractivity contribution in [3.05, 3.63) is 29.8 Å². The van der Waals surface area contributed by atoms with Crippen molar-refractivity contribution < 1.29 is 13.2 Å². The van der Waals surface area contributed by atoms with Gasteiger partial charge in [-0.3, -0.25) is 4.79 Å². The van der Waals surface area contributed by atoms with Gasteiger partial charge in [-0.1, -0.05) is 12.1 Å². The topological polar surface area (TPSA) is 60.9 Å². The van der Waals surface area contributed by atoms with Crippen molar-refractivity contribution in [3.8, 4) is 0 Å². The summed E-state index contributed by atoms with van der Waals surface area (Å²) in [4.78, 5) is 17.1. The van der Waals surface area contributed by atoms with Gasteiger partial charge in [0.1, 0.15) is 0 Å². The molecule has 7 heteroatoms. The van der Waals surface area contributed by atoms with Gasteiger partial charge in [0.15, 0.2) is 0 Å². The third-order valence-electron chi connectivity index (χ3n) is 5.52. The highest BCUT2D eigenvalue weighted by molar-refractivity contribution is 7.89. The van der Waals surface area contributed by atoms with Crippen LogP contribution < -0.4 is 4.90 Å². The first-order chi connectivity index (χ1) is 12.4. The van der Waals surface area contributed by atoms with E-state index in [2.05, 4.69) is 36.1 Å². The lowest BCUT2D eigenvalue weighted by molar-refractivity contribution is -0.137. The highest BCUT2D eigenvalue weighted by Gasteiger charge is 2.33. The van der Waals surface area contributed by atoms with E-state index >= 15 is 0 Å². The van der Waals surface area contributed by atoms with Crippen LogP contribution >= 0.6 is 0 Å². The summed E-state index contributed by atoms with van der Waals surface area (Å²) >= 11 is 0. The Morgan fingerprint density at radius 2 is 1.73 bits per heavy atom. The first-order valence-electron chi connectivity index (χ1n) is 9.49. The normalized spacial score (nSPS) is 20.4. The quantitative estimate of drug-likeness (QED) is 0.799. The number of carbonyl (C=O) groups excluding carboxylic acids is 1. The van der Waals surface area contributed by atoms with E-state index in [0.29, 0.717) is 25.9 Å². The third-order valence-corrected chi connectivity index (χ3v) is 7.40. The number of carbonyl (C=O) groups is 1. The van der Waals surface area contributed by atoms with Crippen LogP contribution in [0, 0.1) is 12.8 Å². The van der Waals surface area contributed by atoms with E-state index in [0.717, 1.165) is 26.2 Å². The lowest BCUT2D eigenvalue weighted by Crippen LogP contribution is -2.52. The summed E-state index contributed by atoms with van der Waals surface area (Å²) in [5.41, 5.74) is 2.46. The smallest absolute Gasteiger partial charge is 0.225 e. The van der Waals surface area contributed by atoms with E-state index in [4.69, 9.17) is 0 Å². The van der Waals surface area contributed by atoms with Gasteiger partial charge >= 0.3 is 0 Å². The number of rotatable bonds is 4. The number of benzene rings is 1. The van der Waals surface area contributed by atoms with Crippen LogP contribution in [0.2, 0.25) is 0 Å². The van der Waals surface area contributed by atoms with E-state index in [1.807, 2.05) is 4.90 Å². The van der Waals surface area contributed by atoms with Crippen LogP contribution in [0.1, 0.15) is 25.3 Å². The number of aryl methyl sites for hydroxylation is 1. The molecule has 0 N–H and O–H groups in total. The van der Waals surface area contributed by atoms with Gasteiger partial charge in [0.2, 0.25) is 15.9 Å². The zero-order valence-corrected chi connectivity index (χ0v) is 16.5. The number of amides is 1. The molecule has 26 heavy (non-hydrogen) atoms. The Hall–Kier alpha value is -1.60. The predicted octanol–water partition coefficient (Wildman–Crippen LogP) is 1.71. The van der Waals surface area contributed by atoms with Gasteiger partial charge in [0.25, 0.3) is 0 Å². The lowest BCUT2D eigenvalue weighted by Gasteiger charge is -2.39. The summed E-state index contributed by atoms with van der Waals surface area (Å²) in [7, 11) is -3.13. The highest BCUT2D eigenvalue weighted by Crippen LogP contribution is 2.24. The number of anilines is 1. The molecule has 1 amide bonds. The number of hydrogen-bond acceptors (Lipinski definition) is 4. The molecule has 2 saturated heterocycles. The number of piperidine rings is 1. The number of piperazine rings is 1. The first-order valence-corrected chi connectivity index (χ1v) is 11.1. The molecule has 2 aliphatic heterocycles. The van der Waals surface area contributed by atoms with Crippen LogP contribution in [0.15, 0.2) is 24.3 Å². The van der Waals surface area contributed by atoms with Crippen molar-refractivity contribution in [3.63, 3.8) is 0 Å². The van der Waals surface area contributed by atoms with Gasteiger partial charge < -0.3 is 9.80 Å². The average molecular weight is 380 g/mol. The van der Waals surface area contributed by atoms with Crippen LogP contribution in [-0.2, 0) is 14.8 Å². The molecule has 0 aliphatic carbocycles. The van der Waals surface area contributed by atoms with E-state index in [1.165, 1.54) is 15.6 Å². The maximum absolute atomic E-state index is 12.8. The molecule has 3 rings (SSSR count). The number of nitrogens with zero attached hydrogens (tertiary/aromatic N) is 3. The first kappa shape index (κ1) is 19.2. The SMILES string of the molecule is CCS(=O)(=O)N1CCC(C(=O)N2CCN(c3cccc(C)c3)CC2)CC1. The zero-order valence-electron chi connectivity index (χ0n) is 15.7. The van der Waals surface area contributed by atoms with Gasteiger partial charge in [-0.25, -0.2) is 12.7 Å². The van der Waals surface area contributed by atoms with Gasteiger partial charge in [0.05, 0.1) is 5.75 Å². The third kappa shape index (κ3) is 4.20. The zero-order chi connectivity index (χ0) is 18.7. The molecule has 0 radical (unpaired) electrons. The van der Waals surface area contributed by atoms with Gasteiger partial charge in [-0.2, -0.15) is 0 Å². The van der Waals surface area contributed by atoms with E-state index < -0.39 is 10.0 Å². The number of sulfonamides is 1. The molecule has 1 aromatic rings. The molecule has 2 aliphatic rings. The lowest BCUT2D eigenvalue weighted by atomic mass is 9.96. The molecular weight excluding hydrogens is 350 g/mol. The van der Waals surface area contributed by atoms with Gasteiger partial charge in [0, 0.05) is 50.9 Å². The molecule has 6 nitrogen and oxygen atoms in total. The molecule has 2 heterocycles. The monoisotopic (exact) mass is 379 g/mol. The highest BCUT2D eigenvalue weighted by atomic mass is 32.2. The Balaban J connectivity index is 1.51. The molecular formula is C19H29N3O3S. The van der Waals surface area contributed by atoms with E-state index in [-0.39, 0.29) is 17.6 Å². The van der Waals surface area contributed by atoms with Crippen molar-refractivity contribution in [1.82, 2.24) is 9.21 Å². The molecule has 144 valence electrons. The molecule has 2 fully saturated rings. The Morgan fingerprint density at radius 3 is 2.31 bits per heavy atom. The largest absolute Gasteiger partial charge is 0.368 e. The van der Waals surface area contributed by atoms with Gasteiger partial charge in [-0.15, -0.1) is 0 Å². The van der Waals surface area contributed by atoms with Crippen molar-refractivity contribution in [2.24, 2.45) is 5.92 Å².